The fraction of sp³-hybridized carbons (Fsp3) is 0.875. The van der Waals surface area contributed by atoms with Crippen molar-refractivity contribution in [3.63, 3.8) is 0 Å². The van der Waals surface area contributed by atoms with Crippen LogP contribution in [0, 0.1) is 5.92 Å². The summed E-state index contributed by atoms with van der Waals surface area (Å²) in [6, 6.07) is 0.0440. The van der Waals surface area contributed by atoms with Crippen molar-refractivity contribution in [1.29, 1.82) is 0 Å². The first-order chi connectivity index (χ1) is 5.65. The highest BCUT2D eigenvalue weighted by molar-refractivity contribution is 5.65. The molecule has 2 aliphatic rings. The third-order valence-corrected chi connectivity index (χ3v) is 3.21. The van der Waals surface area contributed by atoms with E-state index in [1.807, 2.05) is 6.92 Å². The van der Waals surface area contributed by atoms with E-state index in [4.69, 9.17) is 5.11 Å². The van der Waals surface area contributed by atoms with E-state index in [1.54, 1.807) is 0 Å². The lowest BCUT2D eigenvalue weighted by Crippen LogP contribution is -2.49. The van der Waals surface area contributed by atoms with Gasteiger partial charge in [-0.1, -0.05) is 0 Å². The number of carboxylic acid groups (broad SMARTS) is 1. The van der Waals surface area contributed by atoms with Crippen molar-refractivity contribution in [3.8, 4) is 0 Å². The van der Waals surface area contributed by atoms with Crippen LogP contribution < -0.4 is 10.6 Å². The molecule has 0 bridgehead atoms. The number of hydrogen-bond acceptors (Lipinski definition) is 2. The highest BCUT2D eigenvalue weighted by Crippen LogP contribution is 2.51. The van der Waals surface area contributed by atoms with E-state index in [1.165, 1.54) is 6.42 Å². The van der Waals surface area contributed by atoms with E-state index in [2.05, 4.69) is 10.6 Å². The van der Waals surface area contributed by atoms with Crippen LogP contribution in [0.15, 0.2) is 0 Å². The smallest absolute Gasteiger partial charge is 0.404 e. The Labute approximate surface area is 71.3 Å². The molecule has 0 aromatic carbocycles. The minimum atomic E-state index is -0.920. The predicted molar refractivity (Wildman–Crippen MR) is 44.1 cm³/mol. The van der Waals surface area contributed by atoms with Gasteiger partial charge in [0.15, 0.2) is 0 Å². The summed E-state index contributed by atoms with van der Waals surface area (Å²) in [5.74, 6) is 0.708. The van der Waals surface area contributed by atoms with Gasteiger partial charge in [0.2, 0.25) is 0 Å². The SMILES string of the molecule is CC(NC(=O)O)C12CC1CCN2. The molecular formula is C8H14N2O2. The van der Waals surface area contributed by atoms with Crippen LogP contribution in [0.5, 0.6) is 0 Å². The molecule has 0 aromatic rings. The number of nitrogens with one attached hydrogen (secondary N) is 2. The van der Waals surface area contributed by atoms with Crippen molar-refractivity contribution in [2.24, 2.45) is 5.92 Å². The highest BCUT2D eigenvalue weighted by atomic mass is 16.4. The van der Waals surface area contributed by atoms with E-state index in [-0.39, 0.29) is 11.6 Å². The van der Waals surface area contributed by atoms with Crippen molar-refractivity contribution >= 4 is 6.09 Å². The molecule has 3 N–H and O–H groups in total. The van der Waals surface area contributed by atoms with Gasteiger partial charge in [-0.3, -0.25) is 0 Å². The van der Waals surface area contributed by atoms with Crippen molar-refractivity contribution < 1.29 is 9.90 Å². The number of carbonyl (C=O) groups is 1. The van der Waals surface area contributed by atoms with Gasteiger partial charge < -0.3 is 15.7 Å². The minimum absolute atomic E-state index is 0.0440. The third-order valence-electron chi connectivity index (χ3n) is 3.21. The van der Waals surface area contributed by atoms with E-state index in [9.17, 15) is 4.79 Å². The quantitative estimate of drug-likeness (QED) is 0.562. The maximum Gasteiger partial charge on any atom is 0.404 e. The van der Waals surface area contributed by atoms with Crippen LogP contribution >= 0.6 is 0 Å². The molecule has 3 unspecified atom stereocenters. The lowest BCUT2D eigenvalue weighted by atomic mass is 10.1. The molecule has 0 radical (unpaired) electrons. The lowest BCUT2D eigenvalue weighted by Gasteiger charge is -2.21. The van der Waals surface area contributed by atoms with E-state index in [0.29, 0.717) is 5.92 Å². The number of hydrogen-bond donors (Lipinski definition) is 3. The van der Waals surface area contributed by atoms with Crippen molar-refractivity contribution in [1.82, 2.24) is 10.6 Å². The van der Waals surface area contributed by atoms with Gasteiger partial charge in [-0.25, -0.2) is 4.79 Å². The number of rotatable bonds is 2. The van der Waals surface area contributed by atoms with Gasteiger partial charge >= 0.3 is 6.09 Å². The van der Waals surface area contributed by atoms with Crippen molar-refractivity contribution in [2.75, 3.05) is 6.54 Å². The van der Waals surface area contributed by atoms with Crippen LogP contribution in [-0.2, 0) is 0 Å². The molecule has 3 atom stereocenters. The molecule has 1 saturated heterocycles. The Balaban J connectivity index is 1.96. The largest absolute Gasteiger partial charge is 0.465 e. The van der Waals surface area contributed by atoms with Crippen LogP contribution in [0.4, 0.5) is 4.79 Å². The Morgan fingerprint density at radius 3 is 3.00 bits per heavy atom. The normalized spacial score (nSPS) is 40.2. The summed E-state index contributed by atoms with van der Waals surface area (Å²) in [6.45, 7) is 2.97. The Morgan fingerprint density at radius 1 is 1.83 bits per heavy atom. The molecule has 4 heteroatoms. The summed E-state index contributed by atoms with van der Waals surface area (Å²) in [4.78, 5) is 10.4. The first kappa shape index (κ1) is 7.86. The second-order valence-electron chi connectivity index (χ2n) is 3.83. The Kier molecular flexibility index (Phi) is 1.54. The van der Waals surface area contributed by atoms with E-state index >= 15 is 0 Å². The van der Waals surface area contributed by atoms with Crippen LogP contribution in [0.1, 0.15) is 19.8 Å². The monoisotopic (exact) mass is 170 g/mol. The molecule has 1 saturated carbocycles. The van der Waals surface area contributed by atoms with Gasteiger partial charge in [0.1, 0.15) is 0 Å². The van der Waals surface area contributed by atoms with Gasteiger partial charge in [-0.15, -0.1) is 0 Å². The molecule has 2 rings (SSSR count). The van der Waals surface area contributed by atoms with Crippen LogP contribution in [0.3, 0.4) is 0 Å². The number of amides is 1. The number of piperidine rings is 1. The summed E-state index contributed by atoms with van der Waals surface area (Å²) in [7, 11) is 0. The second-order valence-corrected chi connectivity index (χ2v) is 3.83. The molecule has 12 heavy (non-hydrogen) atoms. The lowest BCUT2D eigenvalue weighted by molar-refractivity contribution is 0.186. The highest BCUT2D eigenvalue weighted by Gasteiger charge is 2.60. The first-order valence-electron chi connectivity index (χ1n) is 4.39. The molecule has 1 aliphatic carbocycles. The Morgan fingerprint density at radius 2 is 2.58 bits per heavy atom. The van der Waals surface area contributed by atoms with Crippen LogP contribution in [0.2, 0.25) is 0 Å². The average Bonchev–Trinajstić information content (AvgIpc) is 2.55. The zero-order valence-electron chi connectivity index (χ0n) is 7.13. The number of fused-ring (bicyclic) bond motifs is 1. The molecule has 0 spiro atoms. The summed E-state index contributed by atoms with van der Waals surface area (Å²) >= 11 is 0. The summed E-state index contributed by atoms with van der Waals surface area (Å²) < 4.78 is 0. The van der Waals surface area contributed by atoms with Gasteiger partial charge in [0, 0.05) is 11.6 Å². The molecule has 1 heterocycles. The zero-order valence-corrected chi connectivity index (χ0v) is 7.13. The zero-order chi connectivity index (χ0) is 8.77. The van der Waals surface area contributed by atoms with E-state index in [0.717, 1.165) is 13.0 Å². The summed E-state index contributed by atoms with van der Waals surface area (Å²) in [5, 5.41) is 14.4. The Bertz CT molecular complexity index is 219. The summed E-state index contributed by atoms with van der Waals surface area (Å²) in [5.41, 5.74) is 0.110. The van der Waals surface area contributed by atoms with Crippen LogP contribution in [-0.4, -0.2) is 29.3 Å². The Hall–Kier alpha value is -0.770. The van der Waals surface area contributed by atoms with Crippen molar-refractivity contribution in [3.05, 3.63) is 0 Å². The van der Waals surface area contributed by atoms with Crippen LogP contribution in [0.25, 0.3) is 0 Å². The predicted octanol–water partition coefficient (Wildman–Crippen LogP) is 0.395. The molecular weight excluding hydrogens is 156 g/mol. The maximum atomic E-state index is 10.4. The fourth-order valence-corrected chi connectivity index (χ4v) is 2.40. The maximum absolute atomic E-state index is 10.4. The molecule has 0 aromatic heterocycles. The molecule has 1 aliphatic heterocycles. The van der Waals surface area contributed by atoms with Crippen molar-refractivity contribution in [2.45, 2.75) is 31.3 Å². The first-order valence-corrected chi connectivity index (χ1v) is 4.39. The molecule has 2 fully saturated rings. The van der Waals surface area contributed by atoms with Gasteiger partial charge in [-0.05, 0) is 32.2 Å². The average molecular weight is 170 g/mol. The van der Waals surface area contributed by atoms with Gasteiger partial charge in [0.05, 0.1) is 0 Å². The van der Waals surface area contributed by atoms with Gasteiger partial charge in [0.25, 0.3) is 0 Å². The molecule has 4 nitrogen and oxygen atoms in total. The van der Waals surface area contributed by atoms with Gasteiger partial charge in [-0.2, -0.15) is 0 Å². The minimum Gasteiger partial charge on any atom is -0.465 e. The standard InChI is InChI=1S/C8H14N2O2/c1-5(10-7(11)12)8-4-6(8)2-3-9-8/h5-6,9-10H,2-4H2,1H3,(H,11,12). The summed E-state index contributed by atoms with van der Waals surface area (Å²) in [6.07, 6.45) is 1.41. The molecule has 68 valence electrons. The second kappa shape index (κ2) is 2.36. The molecule has 1 amide bonds. The fourth-order valence-electron chi connectivity index (χ4n) is 2.40. The third kappa shape index (κ3) is 0.982. The van der Waals surface area contributed by atoms with E-state index < -0.39 is 6.09 Å². The topological polar surface area (TPSA) is 61.4 Å².